The Bertz CT molecular complexity index is 861. The predicted octanol–water partition coefficient (Wildman–Crippen LogP) is 0.157. The topological polar surface area (TPSA) is 111 Å². The Hall–Kier alpha value is -2.71. The highest BCUT2D eigenvalue weighted by molar-refractivity contribution is 6.39. The molecule has 144 valence electrons. The van der Waals surface area contributed by atoms with Gasteiger partial charge in [-0.15, -0.1) is 0 Å². The maximum absolute atomic E-state index is 12.6. The van der Waals surface area contributed by atoms with Crippen LogP contribution in [0.5, 0.6) is 0 Å². The van der Waals surface area contributed by atoms with Crippen LogP contribution < -0.4 is 15.9 Å². The molecule has 1 aromatic rings. The zero-order chi connectivity index (χ0) is 19.0. The van der Waals surface area contributed by atoms with Crippen LogP contribution in [0.2, 0.25) is 0 Å². The van der Waals surface area contributed by atoms with Gasteiger partial charge in [-0.25, -0.2) is 10.4 Å². The first-order valence-electron chi connectivity index (χ1n) is 9.53. The van der Waals surface area contributed by atoms with Crippen molar-refractivity contribution in [1.82, 2.24) is 20.3 Å². The molecule has 4 heterocycles. The van der Waals surface area contributed by atoms with Gasteiger partial charge in [0.2, 0.25) is 11.9 Å². The summed E-state index contributed by atoms with van der Waals surface area (Å²) in [4.78, 5) is 47.8. The number of carbonyl (C=O) groups is 2. The van der Waals surface area contributed by atoms with Crippen molar-refractivity contribution in [3.8, 4) is 0 Å². The number of amides is 2. The normalized spacial score (nSPS) is 22.8. The molecule has 4 rings (SSSR count). The Morgan fingerprint density at radius 3 is 2.78 bits per heavy atom. The molecule has 1 fully saturated rings. The van der Waals surface area contributed by atoms with Crippen molar-refractivity contribution in [2.75, 3.05) is 24.5 Å². The standard InChI is InChI=1S/C18H24N6O3/c1-11-3-2-7-24(9-11)18-19-13-6-8-23(10-12(13)16(26)20-18)17(27)14-4-5-15(25)22-21-14/h11H,2-10H2,1H3,(H,22,25)(H,19,20,26). The summed E-state index contributed by atoms with van der Waals surface area (Å²) in [5.41, 5.74) is 3.82. The van der Waals surface area contributed by atoms with Crippen LogP contribution in [0.15, 0.2) is 9.90 Å². The molecule has 0 spiro atoms. The highest BCUT2D eigenvalue weighted by Gasteiger charge is 2.29. The van der Waals surface area contributed by atoms with E-state index < -0.39 is 0 Å². The lowest BCUT2D eigenvalue weighted by Crippen LogP contribution is -2.45. The van der Waals surface area contributed by atoms with Crippen LogP contribution >= 0.6 is 0 Å². The van der Waals surface area contributed by atoms with Crippen molar-refractivity contribution >= 4 is 23.5 Å². The predicted molar refractivity (Wildman–Crippen MR) is 99.4 cm³/mol. The second kappa shape index (κ2) is 7.13. The summed E-state index contributed by atoms with van der Waals surface area (Å²) in [5.74, 6) is 0.819. The third-order valence-corrected chi connectivity index (χ3v) is 5.45. The van der Waals surface area contributed by atoms with Gasteiger partial charge in [-0.1, -0.05) is 6.92 Å². The fraction of sp³-hybridized carbons (Fsp3) is 0.611. The number of nitrogens with one attached hydrogen (secondary N) is 2. The molecule has 1 atom stereocenters. The number of carbonyl (C=O) groups excluding carboxylic acids is 2. The number of hydrazone groups is 1. The maximum atomic E-state index is 12.6. The van der Waals surface area contributed by atoms with E-state index in [1.807, 2.05) is 0 Å². The minimum atomic E-state index is -0.228. The third-order valence-electron chi connectivity index (χ3n) is 5.45. The maximum Gasteiger partial charge on any atom is 0.270 e. The van der Waals surface area contributed by atoms with Crippen molar-refractivity contribution in [2.45, 2.75) is 45.6 Å². The highest BCUT2D eigenvalue weighted by atomic mass is 16.2. The number of H-pyrrole nitrogens is 1. The monoisotopic (exact) mass is 372 g/mol. The lowest BCUT2D eigenvalue weighted by Gasteiger charge is -2.33. The van der Waals surface area contributed by atoms with Gasteiger partial charge in [-0.05, 0) is 18.8 Å². The Labute approximate surface area is 156 Å². The van der Waals surface area contributed by atoms with Crippen molar-refractivity contribution < 1.29 is 9.59 Å². The van der Waals surface area contributed by atoms with Crippen molar-refractivity contribution in [2.24, 2.45) is 11.0 Å². The molecule has 2 N–H and O–H groups in total. The molecule has 0 saturated carbocycles. The average molecular weight is 372 g/mol. The van der Waals surface area contributed by atoms with E-state index in [0.29, 0.717) is 42.5 Å². The van der Waals surface area contributed by atoms with Crippen LogP contribution in [-0.4, -0.2) is 52.0 Å². The third kappa shape index (κ3) is 3.58. The van der Waals surface area contributed by atoms with E-state index in [2.05, 4.69) is 27.3 Å². The van der Waals surface area contributed by atoms with Gasteiger partial charge in [-0.2, -0.15) is 5.10 Å². The molecule has 0 bridgehead atoms. The molecule has 0 aromatic carbocycles. The first kappa shape index (κ1) is 17.7. The van der Waals surface area contributed by atoms with Crippen molar-refractivity contribution in [3.05, 3.63) is 21.6 Å². The fourth-order valence-corrected chi connectivity index (χ4v) is 3.93. The fourth-order valence-electron chi connectivity index (χ4n) is 3.93. The first-order valence-corrected chi connectivity index (χ1v) is 9.53. The van der Waals surface area contributed by atoms with Crippen LogP contribution in [0, 0.1) is 5.92 Å². The summed E-state index contributed by atoms with van der Waals surface area (Å²) in [6, 6.07) is 0. The molecule has 1 unspecified atom stereocenters. The highest BCUT2D eigenvalue weighted by Crippen LogP contribution is 2.22. The van der Waals surface area contributed by atoms with E-state index in [4.69, 9.17) is 4.98 Å². The Morgan fingerprint density at radius 2 is 2.04 bits per heavy atom. The van der Waals surface area contributed by atoms with Crippen molar-refractivity contribution in [1.29, 1.82) is 0 Å². The second-order valence-electron chi connectivity index (χ2n) is 7.58. The van der Waals surface area contributed by atoms with Gasteiger partial charge in [0.15, 0.2) is 0 Å². The summed E-state index contributed by atoms with van der Waals surface area (Å²) in [6.45, 7) is 4.73. The van der Waals surface area contributed by atoms with E-state index in [1.165, 1.54) is 6.42 Å². The van der Waals surface area contributed by atoms with Gasteiger partial charge in [0.25, 0.3) is 11.5 Å². The van der Waals surface area contributed by atoms with Gasteiger partial charge < -0.3 is 9.80 Å². The molecule has 9 nitrogen and oxygen atoms in total. The lowest BCUT2D eigenvalue weighted by molar-refractivity contribution is -0.125. The summed E-state index contributed by atoms with van der Waals surface area (Å²) in [5, 5.41) is 3.86. The second-order valence-corrected chi connectivity index (χ2v) is 7.58. The first-order chi connectivity index (χ1) is 13.0. The van der Waals surface area contributed by atoms with E-state index >= 15 is 0 Å². The molecule has 27 heavy (non-hydrogen) atoms. The van der Waals surface area contributed by atoms with Gasteiger partial charge in [0, 0.05) is 38.9 Å². The van der Waals surface area contributed by atoms with Crippen LogP contribution in [0.25, 0.3) is 0 Å². The molecule has 0 radical (unpaired) electrons. The number of anilines is 1. The van der Waals surface area contributed by atoms with Gasteiger partial charge in [0.1, 0.15) is 5.71 Å². The quantitative estimate of drug-likeness (QED) is 0.768. The van der Waals surface area contributed by atoms with Gasteiger partial charge >= 0.3 is 0 Å². The minimum absolute atomic E-state index is 0.176. The van der Waals surface area contributed by atoms with Crippen LogP contribution in [0.4, 0.5) is 5.95 Å². The smallest absolute Gasteiger partial charge is 0.270 e. The summed E-state index contributed by atoms with van der Waals surface area (Å²) in [6.07, 6.45) is 3.43. The van der Waals surface area contributed by atoms with E-state index in [-0.39, 0.29) is 30.3 Å². The minimum Gasteiger partial charge on any atom is -0.342 e. The number of rotatable bonds is 2. The zero-order valence-corrected chi connectivity index (χ0v) is 15.5. The zero-order valence-electron chi connectivity index (χ0n) is 15.5. The molecule has 1 aromatic heterocycles. The van der Waals surface area contributed by atoms with E-state index in [9.17, 15) is 14.4 Å². The summed E-state index contributed by atoms with van der Waals surface area (Å²) in [7, 11) is 0. The molecule has 9 heteroatoms. The number of aromatic amines is 1. The molecule has 0 aliphatic carbocycles. The average Bonchev–Trinajstić information content (AvgIpc) is 2.68. The van der Waals surface area contributed by atoms with Crippen molar-refractivity contribution in [3.63, 3.8) is 0 Å². The summed E-state index contributed by atoms with van der Waals surface area (Å²) < 4.78 is 0. The largest absolute Gasteiger partial charge is 0.342 e. The number of piperidine rings is 1. The SMILES string of the molecule is CC1CCCN(c2nc3c(c(=O)[nH]2)CN(C(=O)C2=NNC(=O)CC2)CC3)C1. The molecule has 3 aliphatic rings. The number of hydrogen-bond acceptors (Lipinski definition) is 6. The molecular formula is C18H24N6O3. The number of aromatic nitrogens is 2. The van der Waals surface area contributed by atoms with Crippen LogP contribution in [0.1, 0.15) is 43.9 Å². The van der Waals surface area contributed by atoms with E-state index in [1.54, 1.807) is 4.90 Å². The number of fused-ring (bicyclic) bond motifs is 1. The van der Waals surface area contributed by atoms with Gasteiger partial charge in [0.05, 0.1) is 17.8 Å². The number of nitrogens with zero attached hydrogens (tertiary/aromatic N) is 4. The summed E-state index contributed by atoms with van der Waals surface area (Å²) >= 11 is 0. The molecular weight excluding hydrogens is 348 g/mol. The lowest BCUT2D eigenvalue weighted by atomic mass is 10.0. The Kier molecular flexibility index (Phi) is 4.67. The molecule has 1 saturated heterocycles. The Morgan fingerprint density at radius 1 is 1.19 bits per heavy atom. The van der Waals surface area contributed by atoms with Crippen LogP contribution in [0.3, 0.4) is 0 Å². The molecule has 3 aliphatic heterocycles. The number of hydrogen-bond donors (Lipinski definition) is 2. The van der Waals surface area contributed by atoms with E-state index in [0.717, 1.165) is 25.2 Å². The van der Waals surface area contributed by atoms with Gasteiger partial charge in [-0.3, -0.25) is 19.4 Å². The Balaban J connectivity index is 1.52. The molecule has 2 amide bonds. The van der Waals surface area contributed by atoms with Crippen LogP contribution in [-0.2, 0) is 22.6 Å².